The van der Waals surface area contributed by atoms with Gasteiger partial charge in [0.05, 0.1) is 17.7 Å². The fourth-order valence-corrected chi connectivity index (χ4v) is 3.54. The first kappa shape index (κ1) is 17.2. The van der Waals surface area contributed by atoms with Crippen LogP contribution in [0.5, 0.6) is 0 Å². The number of aryl methyl sites for hydroxylation is 1. The molecule has 2 aromatic heterocycles. The maximum Gasteiger partial charge on any atom is 0.191 e. The van der Waals surface area contributed by atoms with Gasteiger partial charge in [-0.2, -0.15) is 0 Å². The summed E-state index contributed by atoms with van der Waals surface area (Å²) in [6.07, 6.45) is 1.87. The van der Waals surface area contributed by atoms with Gasteiger partial charge in [0.2, 0.25) is 0 Å². The SMILES string of the molecule is C=CCn1c(CNC)nnc1SCc1scnc1C.Cl. The van der Waals surface area contributed by atoms with Gasteiger partial charge in [-0.25, -0.2) is 4.98 Å². The van der Waals surface area contributed by atoms with Crippen molar-refractivity contribution in [3.05, 3.63) is 34.6 Å². The summed E-state index contributed by atoms with van der Waals surface area (Å²) < 4.78 is 2.09. The lowest BCUT2D eigenvalue weighted by Crippen LogP contribution is -2.12. The second kappa shape index (κ2) is 8.41. The highest BCUT2D eigenvalue weighted by atomic mass is 35.5. The van der Waals surface area contributed by atoms with Crippen molar-refractivity contribution < 1.29 is 0 Å². The van der Waals surface area contributed by atoms with E-state index in [1.807, 2.05) is 25.6 Å². The molecule has 0 atom stereocenters. The normalized spacial score (nSPS) is 10.3. The van der Waals surface area contributed by atoms with E-state index in [9.17, 15) is 0 Å². The van der Waals surface area contributed by atoms with Gasteiger partial charge in [-0.05, 0) is 14.0 Å². The molecule has 0 fully saturated rings. The van der Waals surface area contributed by atoms with Crippen molar-refractivity contribution in [1.29, 1.82) is 0 Å². The minimum atomic E-state index is 0. The zero-order valence-electron chi connectivity index (χ0n) is 11.5. The third kappa shape index (κ3) is 4.05. The average molecular weight is 332 g/mol. The molecule has 0 spiro atoms. The summed E-state index contributed by atoms with van der Waals surface area (Å²) in [6, 6.07) is 0. The fraction of sp³-hybridized carbons (Fsp3) is 0.417. The van der Waals surface area contributed by atoms with Gasteiger partial charge >= 0.3 is 0 Å². The molecule has 0 bridgehead atoms. The number of nitrogens with one attached hydrogen (secondary N) is 1. The molecule has 0 aliphatic carbocycles. The van der Waals surface area contributed by atoms with Crippen molar-refractivity contribution in [2.45, 2.75) is 30.9 Å². The molecule has 1 N–H and O–H groups in total. The van der Waals surface area contributed by atoms with Crippen molar-refractivity contribution >= 4 is 35.5 Å². The number of hydrogen-bond acceptors (Lipinski definition) is 6. The highest BCUT2D eigenvalue weighted by Gasteiger charge is 2.12. The first-order valence-corrected chi connectivity index (χ1v) is 7.82. The lowest BCUT2D eigenvalue weighted by Gasteiger charge is -2.06. The van der Waals surface area contributed by atoms with E-state index in [-0.39, 0.29) is 12.4 Å². The van der Waals surface area contributed by atoms with Crippen molar-refractivity contribution in [3.63, 3.8) is 0 Å². The van der Waals surface area contributed by atoms with E-state index >= 15 is 0 Å². The number of hydrogen-bond donors (Lipinski definition) is 1. The van der Waals surface area contributed by atoms with Gasteiger partial charge < -0.3 is 9.88 Å². The van der Waals surface area contributed by atoms with Gasteiger partial charge in [0.25, 0.3) is 0 Å². The first-order valence-electron chi connectivity index (χ1n) is 5.95. The largest absolute Gasteiger partial charge is 0.313 e. The van der Waals surface area contributed by atoms with Crippen LogP contribution >= 0.6 is 35.5 Å². The van der Waals surface area contributed by atoms with Gasteiger partial charge in [-0.15, -0.1) is 40.5 Å². The standard InChI is InChI=1S/C12H17N5S2.ClH/c1-4-5-17-11(6-13-3)15-16-12(17)18-7-10-9(2)14-8-19-10;/h4,8,13H,1,5-7H2,2-3H3;1H. The average Bonchev–Trinajstić information content (AvgIpc) is 2.96. The summed E-state index contributed by atoms with van der Waals surface area (Å²) in [5.41, 5.74) is 2.98. The molecule has 2 rings (SSSR count). The van der Waals surface area contributed by atoms with Crippen LogP contribution in [0.1, 0.15) is 16.4 Å². The van der Waals surface area contributed by atoms with Crippen LogP contribution in [0.3, 0.4) is 0 Å². The van der Waals surface area contributed by atoms with Crippen LogP contribution in [0.15, 0.2) is 23.3 Å². The number of thiazole rings is 1. The van der Waals surface area contributed by atoms with Crippen molar-refractivity contribution in [1.82, 2.24) is 25.1 Å². The molecular formula is C12H18ClN5S2. The number of halogens is 1. The molecule has 0 amide bonds. The molecule has 8 heteroatoms. The molecular weight excluding hydrogens is 314 g/mol. The number of nitrogens with zero attached hydrogens (tertiary/aromatic N) is 4. The van der Waals surface area contributed by atoms with Gasteiger partial charge in [-0.1, -0.05) is 17.8 Å². The van der Waals surface area contributed by atoms with Crippen LogP contribution in [0.25, 0.3) is 0 Å². The molecule has 110 valence electrons. The fourth-order valence-electron chi connectivity index (χ4n) is 1.62. The highest BCUT2D eigenvalue weighted by molar-refractivity contribution is 7.98. The summed E-state index contributed by atoms with van der Waals surface area (Å²) >= 11 is 3.37. The highest BCUT2D eigenvalue weighted by Crippen LogP contribution is 2.25. The van der Waals surface area contributed by atoms with E-state index in [4.69, 9.17) is 0 Å². The minimum Gasteiger partial charge on any atom is -0.313 e. The number of aromatic nitrogens is 4. The Labute approximate surface area is 133 Å². The Morgan fingerprint density at radius 2 is 2.30 bits per heavy atom. The van der Waals surface area contributed by atoms with Gasteiger partial charge in [0.1, 0.15) is 5.82 Å². The zero-order valence-corrected chi connectivity index (χ0v) is 13.9. The van der Waals surface area contributed by atoms with Gasteiger partial charge in [-0.3, -0.25) is 0 Å². The Balaban J connectivity index is 0.00000200. The molecule has 2 heterocycles. The monoisotopic (exact) mass is 331 g/mol. The molecule has 0 radical (unpaired) electrons. The van der Waals surface area contributed by atoms with Crippen molar-refractivity contribution in [2.24, 2.45) is 0 Å². The van der Waals surface area contributed by atoms with Crippen LogP contribution in [0, 0.1) is 6.92 Å². The van der Waals surface area contributed by atoms with E-state index in [1.54, 1.807) is 23.1 Å². The second-order valence-electron chi connectivity index (χ2n) is 3.98. The smallest absolute Gasteiger partial charge is 0.191 e. The molecule has 20 heavy (non-hydrogen) atoms. The predicted molar refractivity (Wildman–Crippen MR) is 86.6 cm³/mol. The maximum atomic E-state index is 4.26. The topological polar surface area (TPSA) is 55.6 Å². The Bertz CT molecular complexity index is 552. The lowest BCUT2D eigenvalue weighted by molar-refractivity contribution is 0.646. The summed E-state index contributed by atoms with van der Waals surface area (Å²) in [4.78, 5) is 5.54. The Morgan fingerprint density at radius 3 is 2.90 bits per heavy atom. The van der Waals surface area contributed by atoms with E-state index in [0.717, 1.165) is 29.0 Å². The predicted octanol–water partition coefficient (Wildman–Crippen LogP) is 2.66. The molecule has 0 saturated carbocycles. The molecule has 5 nitrogen and oxygen atoms in total. The summed E-state index contributed by atoms with van der Waals surface area (Å²) in [6.45, 7) is 7.26. The van der Waals surface area contributed by atoms with E-state index in [0.29, 0.717) is 6.54 Å². The third-order valence-electron chi connectivity index (χ3n) is 2.62. The van der Waals surface area contributed by atoms with E-state index < -0.39 is 0 Å². The molecule has 0 aromatic carbocycles. The number of rotatable bonds is 7. The first-order chi connectivity index (χ1) is 9.26. The maximum absolute atomic E-state index is 4.26. The Kier molecular flexibility index (Phi) is 7.22. The van der Waals surface area contributed by atoms with Crippen LogP contribution in [0.2, 0.25) is 0 Å². The molecule has 0 saturated heterocycles. The Morgan fingerprint density at radius 1 is 1.50 bits per heavy atom. The van der Waals surface area contributed by atoms with Crippen LogP contribution in [0.4, 0.5) is 0 Å². The molecule has 0 unspecified atom stereocenters. The third-order valence-corrected chi connectivity index (χ3v) is 4.73. The van der Waals surface area contributed by atoms with Gasteiger partial charge in [0.15, 0.2) is 5.16 Å². The molecule has 0 aliphatic rings. The van der Waals surface area contributed by atoms with Gasteiger partial charge in [0, 0.05) is 17.2 Å². The second-order valence-corrected chi connectivity index (χ2v) is 5.86. The van der Waals surface area contributed by atoms with Crippen LogP contribution in [-0.2, 0) is 18.8 Å². The summed E-state index contributed by atoms with van der Waals surface area (Å²) in [5, 5.41) is 12.5. The minimum absolute atomic E-state index is 0. The molecule has 0 aliphatic heterocycles. The van der Waals surface area contributed by atoms with Crippen molar-refractivity contribution in [2.75, 3.05) is 7.05 Å². The summed E-state index contributed by atoms with van der Waals surface area (Å²) in [5.74, 6) is 1.82. The Hall–Kier alpha value is -0.890. The van der Waals surface area contributed by atoms with Crippen LogP contribution in [-0.4, -0.2) is 26.8 Å². The number of allylic oxidation sites excluding steroid dienone is 1. The van der Waals surface area contributed by atoms with Crippen molar-refractivity contribution in [3.8, 4) is 0 Å². The zero-order chi connectivity index (χ0) is 13.7. The number of thioether (sulfide) groups is 1. The van der Waals surface area contributed by atoms with E-state index in [2.05, 4.69) is 31.6 Å². The van der Waals surface area contributed by atoms with E-state index in [1.165, 1.54) is 4.88 Å². The quantitative estimate of drug-likeness (QED) is 0.624. The summed E-state index contributed by atoms with van der Waals surface area (Å²) in [7, 11) is 1.90. The molecule has 2 aromatic rings. The van der Waals surface area contributed by atoms with Crippen LogP contribution < -0.4 is 5.32 Å². The lowest BCUT2D eigenvalue weighted by atomic mass is 10.4.